The van der Waals surface area contributed by atoms with Gasteiger partial charge >= 0.3 is 0 Å². The van der Waals surface area contributed by atoms with Gasteiger partial charge in [0.2, 0.25) is 0 Å². The predicted molar refractivity (Wildman–Crippen MR) is 102 cm³/mol. The Morgan fingerprint density at radius 3 is 2.63 bits per heavy atom. The standard InChI is InChI=1S/C18H23N5O3S/c1-12-4-7-14(8-5-12)22(3)17(24)13-6-9-16(15(10-13)23(25)26)27-18-20-19-11-21(18)2/h6,9-12,14H,4-5,7-8H2,1-3H3. The number of nitro benzene ring substituents is 1. The van der Waals surface area contributed by atoms with E-state index in [0.717, 1.165) is 37.4 Å². The Hall–Kier alpha value is -2.42. The van der Waals surface area contributed by atoms with Crippen LogP contribution < -0.4 is 0 Å². The minimum atomic E-state index is -0.461. The van der Waals surface area contributed by atoms with E-state index < -0.39 is 4.92 Å². The van der Waals surface area contributed by atoms with Gasteiger partial charge in [-0.3, -0.25) is 14.9 Å². The van der Waals surface area contributed by atoms with Crippen LogP contribution in [0.5, 0.6) is 0 Å². The second-order valence-corrected chi connectivity index (χ2v) is 8.10. The molecular formula is C18H23N5O3S. The van der Waals surface area contributed by atoms with Crippen LogP contribution in [-0.4, -0.2) is 43.6 Å². The zero-order chi connectivity index (χ0) is 19.6. The van der Waals surface area contributed by atoms with Crippen LogP contribution in [0.25, 0.3) is 0 Å². The fourth-order valence-corrected chi connectivity index (χ4v) is 4.19. The molecule has 9 heteroatoms. The average Bonchev–Trinajstić information content (AvgIpc) is 3.06. The lowest BCUT2D eigenvalue weighted by Crippen LogP contribution is -2.39. The summed E-state index contributed by atoms with van der Waals surface area (Å²) in [5, 5.41) is 19.8. The van der Waals surface area contributed by atoms with Gasteiger partial charge in [0.1, 0.15) is 6.33 Å². The lowest BCUT2D eigenvalue weighted by atomic mass is 9.86. The lowest BCUT2D eigenvalue weighted by molar-refractivity contribution is -0.387. The number of hydrogen-bond donors (Lipinski definition) is 0. The summed E-state index contributed by atoms with van der Waals surface area (Å²) < 4.78 is 1.69. The topological polar surface area (TPSA) is 94.2 Å². The van der Waals surface area contributed by atoms with Crippen molar-refractivity contribution in [2.75, 3.05) is 7.05 Å². The Morgan fingerprint density at radius 1 is 1.33 bits per heavy atom. The van der Waals surface area contributed by atoms with Gasteiger partial charge in [-0.1, -0.05) is 6.92 Å². The number of carbonyl (C=O) groups is 1. The molecule has 0 N–H and O–H groups in total. The van der Waals surface area contributed by atoms with Crippen LogP contribution in [0.1, 0.15) is 43.0 Å². The minimum absolute atomic E-state index is 0.0977. The number of aryl methyl sites for hydroxylation is 1. The third-order valence-corrected chi connectivity index (χ3v) is 6.24. The smallest absolute Gasteiger partial charge is 0.284 e. The molecule has 1 aromatic heterocycles. The first-order valence-corrected chi connectivity index (χ1v) is 9.76. The third kappa shape index (κ3) is 4.29. The second kappa shape index (κ2) is 8.08. The molecule has 3 rings (SSSR count). The molecule has 27 heavy (non-hydrogen) atoms. The molecule has 0 radical (unpaired) electrons. The van der Waals surface area contributed by atoms with Crippen molar-refractivity contribution in [2.45, 2.75) is 48.7 Å². The maximum Gasteiger partial charge on any atom is 0.284 e. The molecule has 2 aromatic rings. The first-order valence-electron chi connectivity index (χ1n) is 8.94. The van der Waals surface area contributed by atoms with Gasteiger partial charge in [0, 0.05) is 31.8 Å². The summed E-state index contributed by atoms with van der Waals surface area (Å²) in [7, 11) is 3.56. The van der Waals surface area contributed by atoms with Gasteiger partial charge in [0.05, 0.1) is 9.82 Å². The van der Waals surface area contributed by atoms with Crippen LogP contribution in [0.15, 0.2) is 34.6 Å². The summed E-state index contributed by atoms with van der Waals surface area (Å²) in [6, 6.07) is 4.82. The molecule has 0 atom stereocenters. The number of nitrogens with zero attached hydrogens (tertiary/aromatic N) is 5. The van der Waals surface area contributed by atoms with E-state index in [2.05, 4.69) is 17.1 Å². The van der Waals surface area contributed by atoms with Crippen LogP contribution in [0.4, 0.5) is 5.69 Å². The van der Waals surface area contributed by atoms with Crippen LogP contribution in [0, 0.1) is 16.0 Å². The number of carbonyl (C=O) groups excluding carboxylic acids is 1. The van der Waals surface area contributed by atoms with Gasteiger partial charge in [-0.05, 0) is 55.5 Å². The Morgan fingerprint density at radius 2 is 2.04 bits per heavy atom. The van der Waals surface area contributed by atoms with E-state index >= 15 is 0 Å². The third-order valence-electron chi connectivity index (χ3n) is 5.13. The van der Waals surface area contributed by atoms with Crippen LogP contribution >= 0.6 is 11.8 Å². The van der Waals surface area contributed by atoms with Gasteiger partial charge in [-0.2, -0.15) is 0 Å². The number of hydrogen-bond acceptors (Lipinski definition) is 6. The van der Waals surface area contributed by atoms with Gasteiger partial charge in [0.15, 0.2) is 5.16 Å². The predicted octanol–water partition coefficient (Wildman–Crippen LogP) is 3.53. The molecule has 1 amide bonds. The molecule has 1 heterocycles. The highest BCUT2D eigenvalue weighted by Crippen LogP contribution is 2.35. The van der Waals surface area contributed by atoms with Crippen molar-refractivity contribution in [1.29, 1.82) is 0 Å². The van der Waals surface area contributed by atoms with E-state index in [-0.39, 0.29) is 17.6 Å². The molecule has 1 fully saturated rings. The molecule has 1 saturated carbocycles. The first-order chi connectivity index (χ1) is 12.9. The molecule has 1 aliphatic rings. The number of benzene rings is 1. The van der Waals surface area contributed by atoms with E-state index in [1.165, 1.54) is 12.4 Å². The fourth-order valence-electron chi connectivity index (χ4n) is 3.34. The molecule has 1 aliphatic carbocycles. The number of rotatable bonds is 5. The maximum absolute atomic E-state index is 12.9. The molecule has 0 bridgehead atoms. The van der Waals surface area contributed by atoms with Crippen LogP contribution in [-0.2, 0) is 7.05 Å². The summed E-state index contributed by atoms with van der Waals surface area (Å²) >= 11 is 1.16. The first kappa shape index (κ1) is 19.3. The Bertz CT molecular complexity index is 845. The van der Waals surface area contributed by atoms with E-state index in [1.54, 1.807) is 35.7 Å². The minimum Gasteiger partial charge on any atom is -0.339 e. The van der Waals surface area contributed by atoms with Crippen molar-refractivity contribution in [2.24, 2.45) is 13.0 Å². The summed E-state index contributed by atoms with van der Waals surface area (Å²) in [4.78, 5) is 26.1. The number of amides is 1. The molecule has 0 aliphatic heterocycles. The van der Waals surface area contributed by atoms with Gasteiger partial charge < -0.3 is 9.47 Å². The van der Waals surface area contributed by atoms with Gasteiger partial charge in [0.25, 0.3) is 11.6 Å². The molecule has 1 aromatic carbocycles. The largest absolute Gasteiger partial charge is 0.339 e. The van der Waals surface area contributed by atoms with E-state index in [0.29, 0.717) is 21.5 Å². The highest BCUT2D eigenvalue weighted by Gasteiger charge is 2.27. The quantitative estimate of drug-likeness (QED) is 0.574. The zero-order valence-corrected chi connectivity index (χ0v) is 16.5. The lowest BCUT2D eigenvalue weighted by Gasteiger charge is -2.33. The molecule has 144 valence electrons. The SMILES string of the molecule is CC1CCC(N(C)C(=O)c2ccc(Sc3nncn3C)c([N+](=O)[O-])c2)CC1. The van der Waals surface area contributed by atoms with Crippen molar-refractivity contribution in [3.8, 4) is 0 Å². The van der Waals surface area contributed by atoms with Crippen molar-refractivity contribution < 1.29 is 9.72 Å². The number of aromatic nitrogens is 3. The summed E-state index contributed by atoms with van der Waals surface area (Å²) in [6.45, 7) is 2.23. The summed E-state index contributed by atoms with van der Waals surface area (Å²) in [5.74, 6) is 0.524. The van der Waals surface area contributed by atoms with E-state index in [4.69, 9.17) is 0 Å². The van der Waals surface area contributed by atoms with Crippen LogP contribution in [0.2, 0.25) is 0 Å². The Kier molecular flexibility index (Phi) is 5.79. The molecule has 0 unspecified atom stereocenters. The highest BCUT2D eigenvalue weighted by molar-refractivity contribution is 7.99. The summed E-state index contributed by atoms with van der Waals surface area (Å²) in [5.41, 5.74) is 0.240. The van der Waals surface area contributed by atoms with Crippen molar-refractivity contribution in [3.63, 3.8) is 0 Å². The van der Waals surface area contributed by atoms with Crippen molar-refractivity contribution >= 4 is 23.4 Å². The maximum atomic E-state index is 12.9. The van der Waals surface area contributed by atoms with E-state index in [9.17, 15) is 14.9 Å². The molecule has 0 saturated heterocycles. The van der Waals surface area contributed by atoms with Crippen LogP contribution in [0.3, 0.4) is 0 Å². The molecule has 0 spiro atoms. The van der Waals surface area contributed by atoms with E-state index in [1.807, 2.05) is 0 Å². The van der Waals surface area contributed by atoms with Crippen molar-refractivity contribution in [3.05, 3.63) is 40.2 Å². The second-order valence-electron chi connectivity index (χ2n) is 7.10. The summed E-state index contributed by atoms with van der Waals surface area (Å²) in [6.07, 6.45) is 5.70. The molecular weight excluding hydrogens is 366 g/mol. The number of nitro groups is 1. The zero-order valence-electron chi connectivity index (χ0n) is 15.7. The normalized spacial score (nSPS) is 19.7. The monoisotopic (exact) mass is 389 g/mol. The van der Waals surface area contributed by atoms with Gasteiger partial charge in [-0.15, -0.1) is 10.2 Å². The Labute approximate surface area is 162 Å². The average molecular weight is 389 g/mol. The van der Waals surface area contributed by atoms with Gasteiger partial charge in [-0.25, -0.2) is 0 Å². The fraction of sp³-hybridized carbons (Fsp3) is 0.500. The Balaban J connectivity index is 1.81. The molecule has 8 nitrogen and oxygen atoms in total. The highest BCUT2D eigenvalue weighted by atomic mass is 32.2. The van der Waals surface area contributed by atoms with Crippen molar-refractivity contribution in [1.82, 2.24) is 19.7 Å².